The molecule has 0 aliphatic rings. The highest BCUT2D eigenvalue weighted by Crippen LogP contribution is 2.11. The third kappa shape index (κ3) is 3.23. The van der Waals surface area contributed by atoms with Gasteiger partial charge in [0.2, 0.25) is 0 Å². The Kier molecular flexibility index (Phi) is 6.40. The van der Waals surface area contributed by atoms with Crippen LogP contribution < -0.4 is 0 Å². The van der Waals surface area contributed by atoms with Crippen LogP contribution in [0.15, 0.2) is 25.3 Å². The lowest BCUT2D eigenvalue weighted by Gasteiger charge is -2.27. The zero-order chi connectivity index (χ0) is 11.1. The first-order chi connectivity index (χ1) is 6.62. The highest BCUT2D eigenvalue weighted by Gasteiger charge is 2.29. The Morgan fingerprint density at radius 3 is 1.36 bits per heavy atom. The van der Waals surface area contributed by atoms with Crippen LogP contribution >= 0.6 is 0 Å². The molecule has 0 aliphatic heterocycles. The molecule has 4 nitrogen and oxygen atoms in total. The van der Waals surface area contributed by atoms with Gasteiger partial charge in [-0.15, -0.1) is 13.2 Å². The average Bonchev–Trinajstić information content (AvgIpc) is 2.21. The summed E-state index contributed by atoms with van der Waals surface area (Å²) in [6.07, 6.45) is -0.570. The summed E-state index contributed by atoms with van der Waals surface area (Å²) >= 11 is 0. The van der Waals surface area contributed by atoms with Gasteiger partial charge in [0.25, 0.3) is 0 Å². The van der Waals surface area contributed by atoms with Gasteiger partial charge in [-0.2, -0.15) is 0 Å². The molecule has 0 rings (SSSR count). The maximum atomic E-state index is 9.64. The Morgan fingerprint density at radius 2 is 1.21 bits per heavy atom. The van der Waals surface area contributed by atoms with Gasteiger partial charge in [-0.3, -0.25) is 0 Å². The molecule has 0 radical (unpaired) electrons. The SMILES string of the molecule is C=C[C@H](OC)C(O)[C@@H](O)[C@H](C=C)OC. The molecule has 0 aliphatic carbocycles. The number of rotatable bonds is 7. The second-order valence-electron chi connectivity index (χ2n) is 2.85. The minimum atomic E-state index is -1.08. The molecule has 2 N–H and O–H groups in total. The summed E-state index contributed by atoms with van der Waals surface area (Å²) in [5, 5.41) is 19.3. The first-order valence-electron chi connectivity index (χ1n) is 4.29. The van der Waals surface area contributed by atoms with Gasteiger partial charge in [0.1, 0.15) is 24.4 Å². The van der Waals surface area contributed by atoms with Crippen molar-refractivity contribution in [3.63, 3.8) is 0 Å². The van der Waals surface area contributed by atoms with Gasteiger partial charge < -0.3 is 19.7 Å². The van der Waals surface area contributed by atoms with Crippen molar-refractivity contribution in [3.8, 4) is 0 Å². The van der Waals surface area contributed by atoms with Crippen molar-refractivity contribution in [3.05, 3.63) is 25.3 Å². The maximum absolute atomic E-state index is 9.64. The second kappa shape index (κ2) is 6.73. The summed E-state index contributed by atoms with van der Waals surface area (Å²) in [4.78, 5) is 0. The molecule has 0 aromatic rings. The molecule has 0 aromatic heterocycles. The number of aliphatic hydroxyl groups is 2. The predicted molar refractivity (Wildman–Crippen MR) is 54.0 cm³/mol. The van der Waals surface area contributed by atoms with E-state index in [2.05, 4.69) is 13.2 Å². The molecule has 0 amide bonds. The van der Waals surface area contributed by atoms with Crippen LogP contribution in [0, 0.1) is 0 Å². The molecular weight excluding hydrogens is 184 g/mol. The fraction of sp³-hybridized carbons (Fsp3) is 0.600. The third-order valence-corrected chi connectivity index (χ3v) is 2.03. The average molecular weight is 202 g/mol. The minimum absolute atomic E-state index is 0.623. The van der Waals surface area contributed by atoms with Gasteiger partial charge in [-0.05, 0) is 0 Å². The quantitative estimate of drug-likeness (QED) is 0.575. The van der Waals surface area contributed by atoms with E-state index < -0.39 is 24.4 Å². The van der Waals surface area contributed by atoms with E-state index in [0.29, 0.717) is 0 Å². The van der Waals surface area contributed by atoms with E-state index in [1.165, 1.54) is 26.4 Å². The van der Waals surface area contributed by atoms with Gasteiger partial charge in [0.15, 0.2) is 0 Å². The summed E-state index contributed by atoms with van der Waals surface area (Å²) in [6.45, 7) is 6.97. The Hall–Kier alpha value is -0.680. The molecule has 14 heavy (non-hydrogen) atoms. The van der Waals surface area contributed by atoms with E-state index >= 15 is 0 Å². The van der Waals surface area contributed by atoms with E-state index in [9.17, 15) is 10.2 Å². The van der Waals surface area contributed by atoms with Crippen LogP contribution in [0.25, 0.3) is 0 Å². The Labute approximate surface area is 84.5 Å². The number of methoxy groups -OCH3 is 2. The maximum Gasteiger partial charge on any atom is 0.112 e. The molecule has 0 bridgehead atoms. The fourth-order valence-electron chi connectivity index (χ4n) is 1.14. The molecule has 4 atom stereocenters. The van der Waals surface area contributed by atoms with Crippen LogP contribution in [0.1, 0.15) is 0 Å². The fourth-order valence-corrected chi connectivity index (χ4v) is 1.14. The lowest BCUT2D eigenvalue weighted by molar-refractivity contribution is -0.0978. The third-order valence-electron chi connectivity index (χ3n) is 2.03. The van der Waals surface area contributed by atoms with E-state index in [0.717, 1.165) is 0 Å². The standard InChI is InChI=1S/C10H18O4/c1-5-7(13-3)9(11)10(12)8(6-2)14-4/h5-12H,1-2H2,3-4H3/t7-,8-,9-,10?/m0/s1. The van der Waals surface area contributed by atoms with E-state index in [-0.39, 0.29) is 0 Å². The van der Waals surface area contributed by atoms with Crippen LogP contribution in [0.5, 0.6) is 0 Å². The lowest BCUT2D eigenvalue weighted by atomic mass is 10.0. The van der Waals surface area contributed by atoms with Crippen molar-refractivity contribution < 1.29 is 19.7 Å². The summed E-state index contributed by atoms with van der Waals surface area (Å²) in [6, 6.07) is 0. The largest absolute Gasteiger partial charge is 0.387 e. The topological polar surface area (TPSA) is 58.9 Å². The minimum Gasteiger partial charge on any atom is -0.387 e. The van der Waals surface area contributed by atoms with Gasteiger partial charge in [-0.25, -0.2) is 0 Å². The first kappa shape index (κ1) is 13.3. The van der Waals surface area contributed by atoms with Crippen molar-refractivity contribution >= 4 is 0 Å². The zero-order valence-electron chi connectivity index (χ0n) is 8.59. The monoisotopic (exact) mass is 202 g/mol. The van der Waals surface area contributed by atoms with Gasteiger partial charge in [0.05, 0.1) is 0 Å². The Balaban J connectivity index is 4.40. The molecule has 0 saturated heterocycles. The van der Waals surface area contributed by atoms with E-state index in [4.69, 9.17) is 9.47 Å². The first-order valence-corrected chi connectivity index (χ1v) is 4.29. The predicted octanol–water partition coefficient (Wildman–Crippen LogP) is 0.110. The number of ether oxygens (including phenoxy) is 2. The Bertz CT molecular complexity index is 161. The van der Waals surface area contributed by atoms with Gasteiger partial charge in [-0.1, -0.05) is 12.2 Å². The van der Waals surface area contributed by atoms with Crippen molar-refractivity contribution in [1.82, 2.24) is 0 Å². The second-order valence-corrected chi connectivity index (χ2v) is 2.85. The molecule has 4 heteroatoms. The van der Waals surface area contributed by atoms with Gasteiger partial charge >= 0.3 is 0 Å². The van der Waals surface area contributed by atoms with E-state index in [1.807, 2.05) is 0 Å². The molecule has 0 heterocycles. The summed E-state index contributed by atoms with van der Waals surface area (Å²) in [5.41, 5.74) is 0. The molecule has 0 fully saturated rings. The summed E-state index contributed by atoms with van der Waals surface area (Å²) < 4.78 is 9.81. The highest BCUT2D eigenvalue weighted by molar-refractivity contribution is 4.96. The van der Waals surface area contributed by atoms with Crippen LogP contribution in [0.4, 0.5) is 0 Å². The Morgan fingerprint density at radius 1 is 0.929 bits per heavy atom. The number of hydrogen-bond donors (Lipinski definition) is 2. The molecule has 82 valence electrons. The van der Waals surface area contributed by atoms with Crippen molar-refractivity contribution in [2.45, 2.75) is 24.4 Å². The van der Waals surface area contributed by atoms with Gasteiger partial charge in [0, 0.05) is 14.2 Å². The summed E-state index contributed by atoms with van der Waals surface area (Å²) in [7, 11) is 2.86. The number of aliphatic hydroxyl groups excluding tert-OH is 2. The molecule has 0 spiro atoms. The van der Waals surface area contributed by atoms with Crippen LogP contribution in [0.2, 0.25) is 0 Å². The highest BCUT2D eigenvalue weighted by atomic mass is 16.5. The van der Waals surface area contributed by atoms with Crippen LogP contribution in [0.3, 0.4) is 0 Å². The van der Waals surface area contributed by atoms with Crippen LogP contribution in [-0.4, -0.2) is 48.8 Å². The number of hydrogen-bond acceptors (Lipinski definition) is 4. The van der Waals surface area contributed by atoms with Crippen molar-refractivity contribution in [2.75, 3.05) is 14.2 Å². The van der Waals surface area contributed by atoms with E-state index in [1.54, 1.807) is 0 Å². The molecule has 1 unspecified atom stereocenters. The summed E-state index contributed by atoms with van der Waals surface area (Å²) in [5.74, 6) is 0. The van der Waals surface area contributed by atoms with Crippen molar-refractivity contribution in [2.24, 2.45) is 0 Å². The molecule has 0 saturated carbocycles. The zero-order valence-corrected chi connectivity index (χ0v) is 8.59. The van der Waals surface area contributed by atoms with Crippen molar-refractivity contribution in [1.29, 1.82) is 0 Å². The normalized spacial score (nSPS) is 19.4. The van der Waals surface area contributed by atoms with Crippen LogP contribution in [-0.2, 0) is 9.47 Å². The lowest BCUT2D eigenvalue weighted by Crippen LogP contribution is -2.44. The molecular formula is C10H18O4. The smallest absolute Gasteiger partial charge is 0.112 e. The molecule has 0 aromatic carbocycles.